The Morgan fingerprint density at radius 3 is 1.71 bits per heavy atom. The summed E-state index contributed by atoms with van der Waals surface area (Å²) in [6, 6.07) is 0.729. The molecule has 17 heavy (non-hydrogen) atoms. The van der Waals surface area contributed by atoms with Crippen LogP contribution in [-0.4, -0.2) is 55.1 Å². The normalized spacial score (nSPS) is 12.4. The van der Waals surface area contributed by atoms with Gasteiger partial charge in [0.1, 0.15) is 0 Å². The number of hydrogen-bond donors (Lipinski definition) is 0. The Kier molecular flexibility index (Phi) is 9.94. The molecule has 0 unspecified atom stereocenters. The molecule has 0 bridgehead atoms. The second-order valence-electron chi connectivity index (χ2n) is 3.29. The van der Waals surface area contributed by atoms with Crippen molar-refractivity contribution in [2.75, 3.05) is 41.1 Å². The number of hydroxylamine groups is 2. The van der Waals surface area contributed by atoms with Crippen LogP contribution in [0.4, 0.5) is 0 Å². The van der Waals surface area contributed by atoms with Crippen LogP contribution in [0.3, 0.4) is 0 Å². The summed E-state index contributed by atoms with van der Waals surface area (Å²) in [5, 5.41) is 1.50. The van der Waals surface area contributed by atoms with Crippen molar-refractivity contribution in [1.82, 2.24) is 5.23 Å². The van der Waals surface area contributed by atoms with Crippen molar-refractivity contribution >= 4 is 8.80 Å². The highest BCUT2D eigenvalue weighted by Crippen LogP contribution is 2.15. The second kappa shape index (κ2) is 9.95. The minimum Gasteiger partial charge on any atom is -0.377 e. The van der Waals surface area contributed by atoms with Crippen molar-refractivity contribution in [2.24, 2.45) is 0 Å². The molecule has 0 aliphatic carbocycles. The van der Waals surface area contributed by atoms with Crippen molar-refractivity contribution in [2.45, 2.75) is 26.3 Å². The molecule has 0 amide bonds. The van der Waals surface area contributed by atoms with E-state index < -0.39 is 8.80 Å². The average molecular weight is 267 g/mol. The van der Waals surface area contributed by atoms with Crippen molar-refractivity contribution < 1.29 is 23.0 Å². The Balaban J connectivity index is 3.99. The predicted molar refractivity (Wildman–Crippen MR) is 66.2 cm³/mol. The molecular weight excluding hydrogens is 242 g/mol. The number of nitrogens with zero attached hydrogens (tertiary/aromatic N) is 1. The van der Waals surface area contributed by atoms with Crippen molar-refractivity contribution in [1.29, 1.82) is 0 Å². The zero-order valence-corrected chi connectivity index (χ0v) is 12.5. The van der Waals surface area contributed by atoms with Crippen LogP contribution in [0.2, 0.25) is 6.04 Å². The molecule has 7 heteroatoms. The lowest BCUT2D eigenvalue weighted by Gasteiger charge is -2.25. The third-order valence-electron chi connectivity index (χ3n) is 2.30. The van der Waals surface area contributed by atoms with Crippen LogP contribution in [-0.2, 0) is 23.0 Å². The van der Waals surface area contributed by atoms with E-state index in [9.17, 15) is 0 Å². The van der Waals surface area contributed by atoms with E-state index in [0.717, 1.165) is 12.5 Å². The molecule has 6 nitrogen and oxygen atoms in total. The third kappa shape index (κ3) is 6.46. The van der Waals surface area contributed by atoms with Crippen LogP contribution < -0.4 is 0 Å². The molecule has 0 radical (unpaired) electrons. The van der Waals surface area contributed by atoms with E-state index in [1.807, 2.05) is 13.8 Å². The molecule has 0 saturated heterocycles. The van der Waals surface area contributed by atoms with Gasteiger partial charge in [0.05, 0.1) is 19.8 Å². The maximum Gasteiger partial charge on any atom is 0.500 e. The molecule has 0 atom stereocenters. The highest BCUT2D eigenvalue weighted by Gasteiger charge is 2.37. The summed E-state index contributed by atoms with van der Waals surface area (Å²) < 4.78 is 16.0. The van der Waals surface area contributed by atoms with Crippen molar-refractivity contribution in [3.63, 3.8) is 0 Å². The predicted octanol–water partition coefficient (Wildman–Crippen LogP) is 1.46. The van der Waals surface area contributed by atoms with Crippen LogP contribution in [0.1, 0.15) is 20.3 Å². The van der Waals surface area contributed by atoms with Gasteiger partial charge < -0.3 is 13.3 Å². The molecule has 0 fully saturated rings. The zero-order valence-electron chi connectivity index (χ0n) is 11.5. The van der Waals surface area contributed by atoms with Gasteiger partial charge in [0, 0.05) is 27.4 Å². The quantitative estimate of drug-likeness (QED) is 0.417. The molecule has 0 aliphatic heterocycles. The van der Waals surface area contributed by atoms with Gasteiger partial charge in [-0.05, 0) is 20.3 Å². The van der Waals surface area contributed by atoms with E-state index in [1.54, 1.807) is 21.3 Å². The van der Waals surface area contributed by atoms with Gasteiger partial charge in [-0.15, -0.1) is 0 Å². The fourth-order valence-electron chi connectivity index (χ4n) is 1.44. The first kappa shape index (κ1) is 17.0. The van der Waals surface area contributed by atoms with Gasteiger partial charge in [-0.3, -0.25) is 9.68 Å². The van der Waals surface area contributed by atoms with E-state index in [1.165, 1.54) is 5.23 Å². The maximum absolute atomic E-state index is 5.33. The van der Waals surface area contributed by atoms with Gasteiger partial charge in [-0.25, -0.2) is 0 Å². The largest absolute Gasteiger partial charge is 0.500 e. The van der Waals surface area contributed by atoms with E-state index in [2.05, 4.69) is 0 Å². The first-order valence-electron chi connectivity index (χ1n) is 5.86. The Morgan fingerprint density at radius 2 is 1.35 bits per heavy atom. The highest BCUT2D eigenvalue weighted by molar-refractivity contribution is 6.60. The fraction of sp³-hybridized carbons (Fsp3) is 1.00. The highest BCUT2D eigenvalue weighted by atomic mass is 28.4. The van der Waals surface area contributed by atoms with Crippen LogP contribution in [0, 0.1) is 0 Å². The zero-order chi connectivity index (χ0) is 13.1. The maximum atomic E-state index is 5.33. The Morgan fingerprint density at radius 1 is 0.882 bits per heavy atom. The summed E-state index contributed by atoms with van der Waals surface area (Å²) in [5.41, 5.74) is 0. The first-order valence-corrected chi connectivity index (χ1v) is 7.80. The van der Waals surface area contributed by atoms with Crippen molar-refractivity contribution in [3.05, 3.63) is 0 Å². The van der Waals surface area contributed by atoms with Crippen LogP contribution >= 0.6 is 0 Å². The monoisotopic (exact) mass is 267 g/mol. The summed E-state index contributed by atoms with van der Waals surface area (Å²) in [6.07, 6.45) is 0.821. The molecule has 104 valence electrons. The molecule has 0 rings (SSSR count). The van der Waals surface area contributed by atoms with Gasteiger partial charge in [0.25, 0.3) is 0 Å². The van der Waals surface area contributed by atoms with Gasteiger partial charge in [0.2, 0.25) is 0 Å². The Hall–Kier alpha value is -0.0231. The van der Waals surface area contributed by atoms with Gasteiger partial charge in [-0.1, -0.05) is 5.23 Å². The standard InChI is InChI=1S/C10H25NO5Si/c1-6-15-11(16-7-2)9-8-10-17(12-3,13-4)14-5/h6-10H2,1-5H3. The minimum absolute atomic E-state index is 0.585. The van der Waals surface area contributed by atoms with Gasteiger partial charge >= 0.3 is 8.80 Å². The van der Waals surface area contributed by atoms with Crippen LogP contribution in [0.15, 0.2) is 0 Å². The lowest BCUT2D eigenvalue weighted by molar-refractivity contribution is -0.364. The molecule has 0 spiro atoms. The Bertz CT molecular complexity index is 166. The first-order chi connectivity index (χ1) is 8.17. The number of rotatable bonds is 11. The molecule has 0 saturated carbocycles. The summed E-state index contributed by atoms with van der Waals surface area (Å²) in [4.78, 5) is 10.6. The molecule has 0 aliphatic rings. The fourth-order valence-corrected chi connectivity index (χ4v) is 3.14. The lowest BCUT2D eigenvalue weighted by atomic mass is 10.5. The summed E-state index contributed by atoms with van der Waals surface area (Å²) in [7, 11) is 2.37. The van der Waals surface area contributed by atoms with E-state index >= 15 is 0 Å². The lowest BCUT2D eigenvalue weighted by Crippen LogP contribution is -2.43. The second-order valence-corrected chi connectivity index (χ2v) is 6.38. The van der Waals surface area contributed by atoms with Crippen LogP contribution in [0.25, 0.3) is 0 Å². The SMILES string of the molecule is CCON(CCC[Si](OC)(OC)OC)OCC. The van der Waals surface area contributed by atoms with Crippen LogP contribution in [0.5, 0.6) is 0 Å². The molecule has 0 aromatic heterocycles. The van der Waals surface area contributed by atoms with E-state index in [-0.39, 0.29) is 0 Å². The molecular formula is C10H25NO5Si. The summed E-state index contributed by atoms with van der Waals surface area (Å²) in [6.45, 7) is 5.67. The van der Waals surface area contributed by atoms with E-state index in [4.69, 9.17) is 23.0 Å². The minimum atomic E-state index is -2.47. The molecule has 0 aromatic rings. The van der Waals surface area contributed by atoms with Gasteiger partial charge in [0.15, 0.2) is 0 Å². The summed E-state index contributed by atoms with van der Waals surface area (Å²) in [5.74, 6) is 0. The van der Waals surface area contributed by atoms with E-state index in [0.29, 0.717) is 19.8 Å². The summed E-state index contributed by atoms with van der Waals surface area (Å²) >= 11 is 0. The van der Waals surface area contributed by atoms with Crippen molar-refractivity contribution in [3.8, 4) is 0 Å². The number of hydrogen-bond acceptors (Lipinski definition) is 6. The topological polar surface area (TPSA) is 49.4 Å². The third-order valence-corrected chi connectivity index (χ3v) is 5.13. The smallest absolute Gasteiger partial charge is 0.377 e. The Labute approximate surface area is 105 Å². The molecule has 0 N–H and O–H groups in total. The average Bonchev–Trinajstić information content (AvgIpc) is 2.36. The van der Waals surface area contributed by atoms with Gasteiger partial charge in [-0.2, -0.15) is 0 Å². The molecule has 0 aromatic carbocycles. The molecule has 0 heterocycles.